The largest absolute Gasteiger partial charge is 0.376 e. The first-order chi connectivity index (χ1) is 7.29. The third-order valence-corrected chi connectivity index (χ3v) is 1.82. The molecule has 1 N–H and O–H groups in total. The fourth-order valence-electron chi connectivity index (χ4n) is 1.13. The van der Waals surface area contributed by atoms with E-state index in [1.165, 1.54) is 5.56 Å². The predicted octanol–water partition coefficient (Wildman–Crippen LogP) is 1.76. The number of rotatable bonds is 7. The van der Waals surface area contributed by atoms with Gasteiger partial charge >= 0.3 is 0 Å². The number of hydrogen-bond acceptors (Lipinski definition) is 3. The maximum Gasteiger partial charge on any atom is 0.0672 e. The van der Waals surface area contributed by atoms with E-state index in [-0.39, 0.29) is 0 Å². The second-order valence-electron chi connectivity index (χ2n) is 3.55. The van der Waals surface area contributed by atoms with Crippen molar-refractivity contribution in [1.82, 2.24) is 10.3 Å². The second kappa shape index (κ2) is 7.15. The quantitative estimate of drug-likeness (QED) is 0.545. The van der Waals surface area contributed by atoms with E-state index in [2.05, 4.69) is 22.9 Å². The van der Waals surface area contributed by atoms with Crippen LogP contribution in [-0.2, 0) is 11.3 Å². The normalized spacial score (nSPS) is 10.2. The van der Waals surface area contributed by atoms with Crippen LogP contribution in [0.25, 0.3) is 0 Å². The molecular formula is C12H18N2O. The minimum atomic E-state index is 0.647. The predicted molar refractivity (Wildman–Crippen MR) is 61.6 cm³/mol. The van der Waals surface area contributed by atoms with Gasteiger partial charge in [-0.05, 0) is 18.6 Å². The monoisotopic (exact) mass is 206 g/mol. The van der Waals surface area contributed by atoms with Gasteiger partial charge in [0.2, 0.25) is 0 Å². The van der Waals surface area contributed by atoms with Crippen molar-refractivity contribution < 1.29 is 4.74 Å². The van der Waals surface area contributed by atoms with Crippen molar-refractivity contribution in [3.8, 4) is 0 Å². The molecule has 1 rings (SSSR count). The first kappa shape index (κ1) is 11.9. The fraction of sp³-hybridized carbons (Fsp3) is 0.417. The van der Waals surface area contributed by atoms with E-state index in [9.17, 15) is 0 Å². The lowest BCUT2D eigenvalue weighted by atomic mass is 10.3. The van der Waals surface area contributed by atoms with Gasteiger partial charge in [0.1, 0.15) is 0 Å². The molecule has 15 heavy (non-hydrogen) atoms. The Labute approximate surface area is 91.2 Å². The first-order valence-corrected chi connectivity index (χ1v) is 5.11. The van der Waals surface area contributed by atoms with E-state index < -0.39 is 0 Å². The van der Waals surface area contributed by atoms with Crippen LogP contribution in [0.4, 0.5) is 0 Å². The Hall–Kier alpha value is -1.19. The van der Waals surface area contributed by atoms with Crippen molar-refractivity contribution in [2.75, 3.05) is 19.8 Å². The van der Waals surface area contributed by atoms with Crippen LogP contribution in [0.3, 0.4) is 0 Å². The molecule has 0 spiro atoms. The van der Waals surface area contributed by atoms with E-state index in [1.54, 1.807) is 6.20 Å². The fourth-order valence-corrected chi connectivity index (χ4v) is 1.13. The van der Waals surface area contributed by atoms with Gasteiger partial charge in [-0.25, -0.2) is 0 Å². The molecule has 82 valence electrons. The molecule has 0 fully saturated rings. The molecule has 0 aliphatic carbocycles. The Bertz CT molecular complexity index is 285. The van der Waals surface area contributed by atoms with E-state index in [1.807, 2.05) is 19.2 Å². The molecule has 0 aliphatic rings. The molecule has 0 aliphatic heterocycles. The van der Waals surface area contributed by atoms with Gasteiger partial charge in [0, 0.05) is 25.5 Å². The molecular weight excluding hydrogens is 188 g/mol. The molecule has 0 bridgehead atoms. The number of nitrogens with one attached hydrogen (secondary N) is 1. The summed E-state index contributed by atoms with van der Waals surface area (Å²) in [7, 11) is 0. The Kier molecular flexibility index (Phi) is 5.66. The second-order valence-corrected chi connectivity index (χ2v) is 3.55. The summed E-state index contributed by atoms with van der Waals surface area (Å²) >= 11 is 0. The summed E-state index contributed by atoms with van der Waals surface area (Å²) in [5.41, 5.74) is 2.25. The average molecular weight is 206 g/mol. The van der Waals surface area contributed by atoms with Gasteiger partial charge in [-0.3, -0.25) is 4.98 Å². The van der Waals surface area contributed by atoms with Crippen molar-refractivity contribution >= 4 is 0 Å². The molecule has 3 nitrogen and oxygen atoms in total. The van der Waals surface area contributed by atoms with Crippen molar-refractivity contribution in [2.45, 2.75) is 13.5 Å². The Morgan fingerprint density at radius 1 is 1.60 bits per heavy atom. The van der Waals surface area contributed by atoms with Crippen molar-refractivity contribution in [1.29, 1.82) is 0 Å². The summed E-state index contributed by atoms with van der Waals surface area (Å²) in [5, 5.41) is 3.28. The summed E-state index contributed by atoms with van der Waals surface area (Å²) in [5.74, 6) is 0. The highest BCUT2D eigenvalue weighted by atomic mass is 16.5. The van der Waals surface area contributed by atoms with Gasteiger partial charge in [0.05, 0.1) is 13.2 Å². The zero-order valence-electron chi connectivity index (χ0n) is 9.20. The van der Waals surface area contributed by atoms with Gasteiger partial charge in [-0.2, -0.15) is 0 Å². The molecule has 0 radical (unpaired) electrons. The van der Waals surface area contributed by atoms with Gasteiger partial charge < -0.3 is 10.1 Å². The SMILES string of the molecule is C=C(C)COCCNCc1cccnc1. The standard InChI is InChI=1S/C12H18N2O/c1-11(2)10-15-7-6-14-9-12-4-3-5-13-8-12/h3-5,8,14H,1,6-7,9-10H2,2H3. The summed E-state index contributed by atoms with van der Waals surface area (Å²) in [4.78, 5) is 4.04. The van der Waals surface area contributed by atoms with Crippen LogP contribution in [0.1, 0.15) is 12.5 Å². The van der Waals surface area contributed by atoms with Crippen LogP contribution in [-0.4, -0.2) is 24.7 Å². The zero-order valence-corrected chi connectivity index (χ0v) is 9.20. The van der Waals surface area contributed by atoms with Crippen LogP contribution in [0.2, 0.25) is 0 Å². The molecule has 0 atom stereocenters. The van der Waals surface area contributed by atoms with Crippen molar-refractivity contribution in [2.24, 2.45) is 0 Å². The molecule has 0 saturated heterocycles. The van der Waals surface area contributed by atoms with Crippen LogP contribution >= 0.6 is 0 Å². The molecule has 3 heteroatoms. The molecule has 1 aromatic heterocycles. The number of ether oxygens (including phenoxy) is 1. The Balaban J connectivity index is 2.00. The summed E-state index contributed by atoms with van der Waals surface area (Å²) in [6, 6.07) is 3.99. The third kappa shape index (κ3) is 5.99. The summed E-state index contributed by atoms with van der Waals surface area (Å²) < 4.78 is 5.36. The molecule has 0 aromatic carbocycles. The lowest BCUT2D eigenvalue weighted by Crippen LogP contribution is -2.19. The number of hydrogen-bond donors (Lipinski definition) is 1. The topological polar surface area (TPSA) is 34.1 Å². The highest BCUT2D eigenvalue weighted by molar-refractivity contribution is 5.07. The van der Waals surface area contributed by atoms with Gasteiger partial charge in [0.15, 0.2) is 0 Å². The number of nitrogens with zero attached hydrogens (tertiary/aromatic N) is 1. The molecule has 0 saturated carbocycles. The Morgan fingerprint density at radius 3 is 3.13 bits per heavy atom. The van der Waals surface area contributed by atoms with E-state index in [4.69, 9.17) is 4.74 Å². The van der Waals surface area contributed by atoms with Crippen molar-refractivity contribution in [3.05, 3.63) is 42.2 Å². The highest BCUT2D eigenvalue weighted by Gasteiger charge is 1.91. The van der Waals surface area contributed by atoms with Crippen molar-refractivity contribution in [3.63, 3.8) is 0 Å². The van der Waals surface area contributed by atoms with Crippen LogP contribution in [0.5, 0.6) is 0 Å². The molecule has 0 unspecified atom stereocenters. The molecule has 0 amide bonds. The van der Waals surface area contributed by atoms with Gasteiger partial charge in [-0.1, -0.05) is 18.2 Å². The molecule has 1 aromatic rings. The highest BCUT2D eigenvalue weighted by Crippen LogP contribution is 1.93. The maximum absolute atomic E-state index is 5.36. The van der Waals surface area contributed by atoms with E-state index >= 15 is 0 Å². The third-order valence-electron chi connectivity index (χ3n) is 1.82. The molecule has 1 heterocycles. The average Bonchev–Trinajstić information content (AvgIpc) is 2.24. The zero-order chi connectivity index (χ0) is 10.9. The number of aromatic nitrogens is 1. The minimum absolute atomic E-state index is 0.647. The number of pyridine rings is 1. The van der Waals surface area contributed by atoms with Gasteiger partial charge in [0.25, 0.3) is 0 Å². The van der Waals surface area contributed by atoms with E-state index in [0.29, 0.717) is 13.2 Å². The van der Waals surface area contributed by atoms with Gasteiger partial charge in [-0.15, -0.1) is 0 Å². The smallest absolute Gasteiger partial charge is 0.0672 e. The lowest BCUT2D eigenvalue weighted by Gasteiger charge is -2.05. The minimum Gasteiger partial charge on any atom is -0.376 e. The van der Waals surface area contributed by atoms with E-state index in [0.717, 1.165) is 18.7 Å². The Morgan fingerprint density at radius 2 is 2.47 bits per heavy atom. The maximum atomic E-state index is 5.36. The first-order valence-electron chi connectivity index (χ1n) is 5.11. The van der Waals surface area contributed by atoms with Crippen LogP contribution < -0.4 is 5.32 Å². The summed E-state index contributed by atoms with van der Waals surface area (Å²) in [6.45, 7) is 8.78. The van der Waals surface area contributed by atoms with Crippen LogP contribution in [0, 0.1) is 0 Å². The lowest BCUT2D eigenvalue weighted by molar-refractivity contribution is 0.158. The van der Waals surface area contributed by atoms with Crippen LogP contribution in [0.15, 0.2) is 36.7 Å². The summed E-state index contributed by atoms with van der Waals surface area (Å²) in [6.07, 6.45) is 3.64.